The molecule has 168 valence electrons. The van der Waals surface area contributed by atoms with Gasteiger partial charge in [-0.3, -0.25) is 0 Å². The van der Waals surface area contributed by atoms with E-state index in [9.17, 15) is 0 Å². The highest BCUT2D eigenvalue weighted by Gasteiger charge is 2.54. The van der Waals surface area contributed by atoms with Crippen molar-refractivity contribution in [3.05, 3.63) is 117 Å². The van der Waals surface area contributed by atoms with Crippen molar-refractivity contribution in [1.82, 2.24) is 0 Å². The van der Waals surface area contributed by atoms with Crippen molar-refractivity contribution in [3.63, 3.8) is 0 Å². The van der Waals surface area contributed by atoms with E-state index in [4.69, 9.17) is 0 Å². The van der Waals surface area contributed by atoms with Gasteiger partial charge in [-0.25, -0.2) is 0 Å². The third-order valence-electron chi connectivity index (χ3n) is 7.10. The van der Waals surface area contributed by atoms with Gasteiger partial charge in [0.05, 0.1) is 0 Å². The summed E-state index contributed by atoms with van der Waals surface area (Å²) in [7, 11) is -2.21. The molecule has 4 aromatic carbocycles. The molecular weight excluding hydrogens is 415 g/mol. The van der Waals surface area contributed by atoms with Crippen molar-refractivity contribution in [3.8, 4) is 0 Å². The van der Waals surface area contributed by atoms with Crippen molar-refractivity contribution in [1.29, 1.82) is 0 Å². The lowest BCUT2D eigenvalue weighted by atomic mass is 10.1. The summed E-state index contributed by atoms with van der Waals surface area (Å²) in [5, 5.41) is 6.10. The summed E-state index contributed by atoms with van der Waals surface area (Å²) >= 11 is 0. The molecular formula is C32H36P+. The van der Waals surface area contributed by atoms with Gasteiger partial charge in [0.1, 0.15) is 28.5 Å². The van der Waals surface area contributed by atoms with Crippen LogP contribution >= 0.6 is 7.26 Å². The first-order chi connectivity index (χ1) is 15.7. The van der Waals surface area contributed by atoms with E-state index in [0.717, 1.165) is 0 Å². The minimum absolute atomic E-state index is 1.39. The second kappa shape index (κ2) is 8.92. The average Bonchev–Trinajstić information content (AvgIpc) is 2.73. The Kier molecular flexibility index (Phi) is 6.35. The van der Waals surface area contributed by atoms with Gasteiger partial charge in [-0.15, -0.1) is 0 Å². The van der Waals surface area contributed by atoms with Crippen LogP contribution in [0.15, 0.2) is 72.8 Å². The van der Waals surface area contributed by atoms with Gasteiger partial charge in [0.15, 0.2) is 0 Å². The predicted molar refractivity (Wildman–Crippen MR) is 149 cm³/mol. The molecule has 0 amide bonds. The standard InChI is InChI=1S/C32H36P/c1-21-13-9-14-22(2)29(21)33(30-23(3)15-10-16-24(30)4,31-25(5)17-11-18-26(31)6)32-27(7)19-12-20-28(32)8/h9-20H,1-8H3/q+1. The van der Waals surface area contributed by atoms with Crippen LogP contribution in [0.2, 0.25) is 0 Å². The first-order valence-corrected chi connectivity index (χ1v) is 13.7. The second-order valence-corrected chi connectivity index (χ2v) is 12.8. The Morgan fingerprint density at radius 1 is 0.303 bits per heavy atom. The maximum Gasteiger partial charge on any atom is 0.146 e. The van der Waals surface area contributed by atoms with Gasteiger partial charge >= 0.3 is 0 Å². The monoisotopic (exact) mass is 451 g/mol. The molecule has 0 aromatic heterocycles. The third kappa shape index (κ3) is 3.66. The SMILES string of the molecule is Cc1cccc(C)c1[P+](c1c(C)cccc1C)(c1c(C)cccc1C)c1c(C)cccc1C. The van der Waals surface area contributed by atoms with Crippen molar-refractivity contribution < 1.29 is 0 Å². The van der Waals surface area contributed by atoms with E-state index in [1.165, 1.54) is 65.7 Å². The van der Waals surface area contributed by atoms with Crippen LogP contribution in [0.4, 0.5) is 0 Å². The van der Waals surface area contributed by atoms with Crippen LogP contribution in [-0.4, -0.2) is 0 Å². The molecule has 0 atom stereocenters. The largest absolute Gasteiger partial charge is 0.146 e. The number of hydrogen-bond acceptors (Lipinski definition) is 0. The molecule has 0 saturated carbocycles. The molecule has 0 saturated heterocycles. The van der Waals surface area contributed by atoms with Crippen LogP contribution in [0.3, 0.4) is 0 Å². The van der Waals surface area contributed by atoms with Gasteiger partial charge in [-0.2, -0.15) is 0 Å². The molecule has 0 spiro atoms. The van der Waals surface area contributed by atoms with Crippen LogP contribution in [-0.2, 0) is 0 Å². The van der Waals surface area contributed by atoms with E-state index < -0.39 is 7.26 Å². The van der Waals surface area contributed by atoms with Gasteiger partial charge < -0.3 is 0 Å². The molecule has 0 fully saturated rings. The summed E-state index contributed by atoms with van der Waals surface area (Å²) in [5.74, 6) is 0. The Morgan fingerprint density at radius 3 is 0.606 bits per heavy atom. The summed E-state index contributed by atoms with van der Waals surface area (Å²) in [5.41, 5.74) is 11.1. The predicted octanol–water partition coefficient (Wildman–Crippen LogP) is 6.77. The fraction of sp³-hybridized carbons (Fsp3) is 0.250. The molecule has 0 aliphatic rings. The maximum atomic E-state index is 2.31. The van der Waals surface area contributed by atoms with E-state index >= 15 is 0 Å². The highest BCUT2D eigenvalue weighted by atomic mass is 31.2. The fourth-order valence-electron chi connectivity index (χ4n) is 6.01. The average molecular weight is 452 g/mol. The first-order valence-electron chi connectivity index (χ1n) is 11.9. The van der Waals surface area contributed by atoms with E-state index in [2.05, 4.69) is 128 Å². The van der Waals surface area contributed by atoms with Gasteiger partial charge in [0, 0.05) is 0 Å². The van der Waals surface area contributed by atoms with Crippen LogP contribution in [0.1, 0.15) is 44.5 Å². The van der Waals surface area contributed by atoms with Crippen LogP contribution in [0, 0.1) is 55.4 Å². The van der Waals surface area contributed by atoms with Crippen molar-refractivity contribution >= 4 is 28.5 Å². The van der Waals surface area contributed by atoms with E-state index in [1.54, 1.807) is 0 Å². The minimum Gasteiger partial charge on any atom is -0.0614 e. The zero-order valence-electron chi connectivity index (χ0n) is 21.4. The Labute approximate surface area is 201 Å². The fourth-order valence-corrected chi connectivity index (χ4v) is 12.2. The molecule has 4 aromatic rings. The molecule has 4 rings (SSSR count). The van der Waals surface area contributed by atoms with Crippen LogP contribution < -0.4 is 21.2 Å². The third-order valence-corrected chi connectivity index (χ3v) is 12.6. The molecule has 0 aliphatic carbocycles. The van der Waals surface area contributed by atoms with Crippen LogP contribution in [0.5, 0.6) is 0 Å². The number of benzene rings is 4. The molecule has 0 radical (unpaired) electrons. The van der Waals surface area contributed by atoms with Gasteiger partial charge in [0.2, 0.25) is 0 Å². The Balaban J connectivity index is 2.44. The smallest absolute Gasteiger partial charge is 0.0614 e. The van der Waals surface area contributed by atoms with Gasteiger partial charge in [-0.1, -0.05) is 72.8 Å². The van der Waals surface area contributed by atoms with E-state index in [0.29, 0.717) is 0 Å². The normalized spacial score (nSPS) is 11.6. The zero-order valence-corrected chi connectivity index (χ0v) is 22.3. The molecule has 33 heavy (non-hydrogen) atoms. The highest BCUT2D eigenvalue weighted by Crippen LogP contribution is 2.59. The molecule has 0 N–H and O–H groups in total. The molecule has 0 heterocycles. The Bertz CT molecular complexity index is 1050. The summed E-state index contributed by atoms with van der Waals surface area (Å²) < 4.78 is 0. The van der Waals surface area contributed by atoms with Crippen molar-refractivity contribution in [2.75, 3.05) is 0 Å². The lowest BCUT2D eigenvalue weighted by molar-refractivity contribution is 1.38. The first kappa shape index (κ1) is 23.5. The Morgan fingerprint density at radius 2 is 0.455 bits per heavy atom. The molecule has 0 nitrogen and oxygen atoms in total. The molecule has 1 heteroatoms. The number of hydrogen-bond donors (Lipinski definition) is 0. The summed E-state index contributed by atoms with van der Waals surface area (Å²) in [6.07, 6.45) is 0. The molecule has 0 aliphatic heterocycles. The van der Waals surface area contributed by atoms with Crippen molar-refractivity contribution in [2.45, 2.75) is 55.4 Å². The topological polar surface area (TPSA) is 0 Å². The zero-order chi connectivity index (χ0) is 23.9. The number of aryl methyl sites for hydroxylation is 8. The Hall–Kier alpha value is -2.69. The van der Waals surface area contributed by atoms with Crippen molar-refractivity contribution in [2.24, 2.45) is 0 Å². The van der Waals surface area contributed by atoms with Crippen LogP contribution in [0.25, 0.3) is 0 Å². The summed E-state index contributed by atoms with van der Waals surface area (Å²) in [4.78, 5) is 0. The quantitative estimate of drug-likeness (QED) is 0.300. The van der Waals surface area contributed by atoms with E-state index in [-0.39, 0.29) is 0 Å². The molecule has 0 bridgehead atoms. The van der Waals surface area contributed by atoms with Gasteiger partial charge in [0.25, 0.3) is 0 Å². The minimum atomic E-state index is -2.21. The highest BCUT2D eigenvalue weighted by molar-refractivity contribution is 8.02. The van der Waals surface area contributed by atoms with E-state index in [1.807, 2.05) is 0 Å². The lowest BCUT2D eigenvalue weighted by Crippen LogP contribution is -2.46. The van der Waals surface area contributed by atoms with Gasteiger partial charge in [-0.05, 0) is 99.9 Å². The summed E-state index contributed by atoms with van der Waals surface area (Å²) in [6.45, 7) is 18.5. The number of rotatable bonds is 4. The second-order valence-electron chi connectivity index (χ2n) is 9.63. The molecule has 0 unspecified atom stereocenters. The summed E-state index contributed by atoms with van der Waals surface area (Å²) in [6, 6.07) is 27.3. The lowest BCUT2D eigenvalue weighted by Gasteiger charge is -2.35. The maximum absolute atomic E-state index is 2.31.